The first-order chi connectivity index (χ1) is 13.0. The monoisotopic (exact) mass is 392 g/mol. The van der Waals surface area contributed by atoms with Gasteiger partial charge in [-0.3, -0.25) is 9.36 Å². The van der Waals surface area contributed by atoms with Crippen LogP contribution in [0.15, 0.2) is 16.9 Å². The van der Waals surface area contributed by atoms with Gasteiger partial charge in [-0.25, -0.2) is 0 Å². The van der Waals surface area contributed by atoms with Crippen LogP contribution in [-0.4, -0.2) is 42.4 Å². The molecule has 0 saturated carbocycles. The topological polar surface area (TPSA) is 60.7 Å². The fourth-order valence-corrected chi connectivity index (χ4v) is 3.97. The maximum atomic E-state index is 13.1. The predicted octanol–water partition coefficient (Wildman–Crippen LogP) is 2.17. The van der Waals surface area contributed by atoms with Crippen molar-refractivity contribution >= 4 is 23.1 Å². The molecular weight excluding hydrogens is 362 g/mol. The van der Waals surface area contributed by atoms with Crippen LogP contribution in [0.1, 0.15) is 33.6 Å². The van der Waals surface area contributed by atoms with Crippen LogP contribution in [-0.2, 0) is 6.54 Å². The number of rotatable bonds is 7. The van der Waals surface area contributed by atoms with Gasteiger partial charge in [0.1, 0.15) is 0 Å². The van der Waals surface area contributed by atoms with Crippen molar-refractivity contribution in [3.63, 3.8) is 0 Å². The highest BCUT2D eigenvalue weighted by atomic mass is 32.1. The van der Waals surface area contributed by atoms with Crippen LogP contribution in [0.2, 0.25) is 0 Å². The van der Waals surface area contributed by atoms with Gasteiger partial charge in [0.25, 0.3) is 5.56 Å². The number of aromatic amines is 1. The Morgan fingerprint density at radius 3 is 2.44 bits per heavy atom. The lowest BCUT2D eigenvalue weighted by Gasteiger charge is -2.27. The van der Waals surface area contributed by atoms with Crippen molar-refractivity contribution in [1.29, 1.82) is 0 Å². The van der Waals surface area contributed by atoms with E-state index in [0.29, 0.717) is 46.9 Å². The normalized spacial score (nSPS) is 20.0. The Morgan fingerprint density at radius 2 is 1.81 bits per heavy atom. The van der Waals surface area contributed by atoms with Gasteiger partial charge in [0.2, 0.25) is 0 Å². The second-order valence-corrected chi connectivity index (χ2v) is 7.67. The number of quaternary nitrogens is 1. The lowest BCUT2D eigenvalue weighted by molar-refractivity contribution is -0.906. The van der Waals surface area contributed by atoms with E-state index >= 15 is 0 Å². The lowest BCUT2D eigenvalue weighted by Crippen LogP contribution is -3.13. The highest BCUT2D eigenvalue weighted by molar-refractivity contribution is 7.71. The number of piperidine rings is 1. The zero-order valence-electron chi connectivity index (χ0n) is 16.5. The zero-order valence-corrected chi connectivity index (χ0v) is 17.3. The molecule has 2 aromatic rings. The van der Waals surface area contributed by atoms with Gasteiger partial charge in [-0.05, 0) is 50.9 Å². The van der Waals surface area contributed by atoms with E-state index in [-0.39, 0.29) is 5.56 Å². The average Bonchev–Trinajstić information content (AvgIpc) is 2.64. The molecule has 0 radical (unpaired) electrons. The molecule has 0 atom stereocenters. The van der Waals surface area contributed by atoms with Crippen molar-refractivity contribution < 1.29 is 14.4 Å². The van der Waals surface area contributed by atoms with Gasteiger partial charge in [-0.1, -0.05) is 6.92 Å². The van der Waals surface area contributed by atoms with Crippen LogP contribution in [0.4, 0.5) is 0 Å². The predicted molar refractivity (Wildman–Crippen MR) is 110 cm³/mol. The van der Waals surface area contributed by atoms with E-state index in [2.05, 4.69) is 11.9 Å². The van der Waals surface area contributed by atoms with Crippen LogP contribution in [0.3, 0.4) is 0 Å². The number of fused-ring (bicyclic) bond motifs is 1. The molecule has 0 spiro atoms. The molecule has 0 bridgehead atoms. The number of likely N-dealkylation sites (tertiary alicyclic amines) is 1. The molecule has 6 nitrogen and oxygen atoms in total. The third kappa shape index (κ3) is 4.52. The second-order valence-electron chi connectivity index (χ2n) is 7.28. The number of aromatic nitrogens is 2. The van der Waals surface area contributed by atoms with E-state index in [1.165, 1.54) is 25.9 Å². The van der Waals surface area contributed by atoms with Crippen LogP contribution in [0, 0.1) is 10.7 Å². The van der Waals surface area contributed by atoms with E-state index in [1.54, 1.807) is 15.5 Å². The first-order valence-corrected chi connectivity index (χ1v) is 10.3. The van der Waals surface area contributed by atoms with Crippen LogP contribution in [0.25, 0.3) is 10.9 Å². The number of benzene rings is 1. The van der Waals surface area contributed by atoms with Crippen molar-refractivity contribution in [3.8, 4) is 11.5 Å². The maximum absolute atomic E-state index is 13.1. The van der Waals surface area contributed by atoms with Gasteiger partial charge in [-0.15, -0.1) is 0 Å². The molecule has 2 heterocycles. The molecule has 0 unspecified atom stereocenters. The highest BCUT2D eigenvalue weighted by Gasteiger charge is 2.19. The Kier molecular flexibility index (Phi) is 6.55. The third-order valence-corrected chi connectivity index (χ3v) is 5.64. The summed E-state index contributed by atoms with van der Waals surface area (Å²) in [5.41, 5.74) is 0.620. The van der Waals surface area contributed by atoms with E-state index in [0.717, 1.165) is 12.5 Å². The van der Waals surface area contributed by atoms with Crippen molar-refractivity contribution in [2.75, 3.05) is 32.8 Å². The lowest BCUT2D eigenvalue weighted by atomic mass is 9.99. The van der Waals surface area contributed by atoms with Crippen molar-refractivity contribution in [2.24, 2.45) is 5.92 Å². The van der Waals surface area contributed by atoms with Gasteiger partial charge in [0.15, 0.2) is 16.3 Å². The minimum absolute atomic E-state index is 0.0671. The quantitative estimate of drug-likeness (QED) is 0.709. The molecule has 1 aromatic heterocycles. The average molecular weight is 393 g/mol. The molecule has 7 heteroatoms. The number of H-pyrrole nitrogens is 1. The summed E-state index contributed by atoms with van der Waals surface area (Å²) < 4.78 is 13.5. The first kappa shape index (κ1) is 19.9. The van der Waals surface area contributed by atoms with Crippen LogP contribution >= 0.6 is 12.2 Å². The van der Waals surface area contributed by atoms with E-state index in [1.807, 2.05) is 19.9 Å². The Hall–Kier alpha value is -1.86. The summed E-state index contributed by atoms with van der Waals surface area (Å²) >= 11 is 5.47. The van der Waals surface area contributed by atoms with E-state index in [9.17, 15) is 4.79 Å². The molecule has 0 aliphatic carbocycles. The molecular formula is C20H30N3O3S+. The molecule has 1 aliphatic rings. The van der Waals surface area contributed by atoms with Crippen molar-refractivity contribution in [1.82, 2.24) is 9.55 Å². The molecule has 1 fully saturated rings. The zero-order chi connectivity index (χ0) is 19.4. The summed E-state index contributed by atoms with van der Waals surface area (Å²) in [6.45, 7) is 11.1. The summed E-state index contributed by atoms with van der Waals surface area (Å²) in [4.78, 5) is 17.8. The van der Waals surface area contributed by atoms with Crippen molar-refractivity contribution in [2.45, 2.75) is 40.2 Å². The number of nitrogens with zero attached hydrogens (tertiary/aromatic N) is 1. The van der Waals surface area contributed by atoms with Gasteiger partial charge in [-0.2, -0.15) is 0 Å². The summed E-state index contributed by atoms with van der Waals surface area (Å²) in [6, 6.07) is 3.58. The van der Waals surface area contributed by atoms with Crippen LogP contribution < -0.4 is 19.9 Å². The van der Waals surface area contributed by atoms with Gasteiger partial charge in [0, 0.05) is 6.07 Å². The smallest absolute Gasteiger partial charge is 0.262 e. The summed E-state index contributed by atoms with van der Waals surface area (Å²) in [7, 11) is 0. The molecule has 2 N–H and O–H groups in total. The van der Waals surface area contributed by atoms with E-state index in [4.69, 9.17) is 21.7 Å². The highest BCUT2D eigenvalue weighted by Crippen LogP contribution is 2.30. The SMILES string of the molecule is CCOc1cc2[nH]c(=S)n(CC[NH+]3CCC(C)CC3)c(=O)c2cc1OCC. The minimum atomic E-state index is -0.0671. The maximum Gasteiger partial charge on any atom is 0.262 e. The molecule has 3 rings (SSSR count). The molecule has 0 amide bonds. The van der Waals surface area contributed by atoms with Crippen molar-refractivity contribution in [3.05, 3.63) is 27.3 Å². The first-order valence-electron chi connectivity index (χ1n) is 9.93. The molecule has 1 aromatic carbocycles. The number of hydrogen-bond donors (Lipinski definition) is 2. The van der Waals surface area contributed by atoms with Crippen LogP contribution in [0.5, 0.6) is 11.5 Å². The number of hydrogen-bond acceptors (Lipinski definition) is 4. The molecule has 27 heavy (non-hydrogen) atoms. The Morgan fingerprint density at radius 1 is 1.19 bits per heavy atom. The van der Waals surface area contributed by atoms with Gasteiger partial charge < -0.3 is 19.4 Å². The minimum Gasteiger partial charge on any atom is -0.490 e. The van der Waals surface area contributed by atoms with E-state index < -0.39 is 0 Å². The molecule has 148 valence electrons. The summed E-state index contributed by atoms with van der Waals surface area (Å²) in [5, 5.41) is 0.581. The largest absolute Gasteiger partial charge is 0.490 e. The fourth-order valence-electron chi connectivity index (χ4n) is 3.69. The van der Waals surface area contributed by atoms with Gasteiger partial charge in [0.05, 0.1) is 50.3 Å². The van der Waals surface area contributed by atoms with Gasteiger partial charge >= 0.3 is 0 Å². The summed E-state index contributed by atoms with van der Waals surface area (Å²) in [5.74, 6) is 2.04. The Bertz CT molecular complexity index is 898. The number of ether oxygens (including phenoxy) is 2. The number of nitrogens with one attached hydrogen (secondary N) is 2. The Balaban J connectivity index is 1.91. The Labute approximate surface area is 165 Å². The standard InChI is InChI=1S/C20H29N3O3S/c1-4-25-17-12-15-16(13-18(17)26-5-2)21-20(27)23(19(15)24)11-10-22-8-6-14(3)7-9-22/h12-14H,4-11H2,1-3H3,(H,21,27)/p+1. The summed E-state index contributed by atoms with van der Waals surface area (Å²) in [6.07, 6.45) is 2.51. The second kappa shape index (κ2) is 8.89. The third-order valence-electron chi connectivity index (χ3n) is 5.32. The molecule has 1 saturated heterocycles. The molecule has 1 aliphatic heterocycles. The fraction of sp³-hybridized carbons (Fsp3) is 0.600.